The summed E-state index contributed by atoms with van der Waals surface area (Å²) in [5.41, 5.74) is 6.74. The van der Waals surface area contributed by atoms with E-state index >= 15 is 0 Å². The summed E-state index contributed by atoms with van der Waals surface area (Å²) in [6, 6.07) is 3.34. The van der Waals surface area contributed by atoms with Crippen molar-refractivity contribution in [3.05, 3.63) is 39.3 Å². The maximum absolute atomic E-state index is 13.0. The van der Waals surface area contributed by atoms with Crippen LogP contribution in [0.15, 0.2) is 23.2 Å². The minimum Gasteiger partial charge on any atom is -0.364 e. The molecule has 3 heterocycles. The molecule has 168 valence electrons. The molecule has 2 aromatic rings. The van der Waals surface area contributed by atoms with E-state index in [9.17, 15) is 18.0 Å². The number of aryl methyl sites for hydroxylation is 2. The third-order valence-electron chi connectivity index (χ3n) is 6.37. The van der Waals surface area contributed by atoms with Crippen molar-refractivity contribution >= 4 is 33.2 Å². The SMILES string of the molecule is CC[C@H]1CCc2sc(C(=O)N3CCN(S(=O)(=O)c4cc(C(N)=O)n(C)c4)CC3)cc2C1. The summed E-state index contributed by atoms with van der Waals surface area (Å²) in [5.74, 6) is 0.00959. The highest BCUT2D eigenvalue weighted by molar-refractivity contribution is 7.89. The van der Waals surface area contributed by atoms with Gasteiger partial charge in [0.05, 0.1) is 4.88 Å². The fourth-order valence-corrected chi connectivity index (χ4v) is 7.08. The first-order valence-electron chi connectivity index (χ1n) is 10.6. The van der Waals surface area contributed by atoms with Crippen LogP contribution in [0.2, 0.25) is 0 Å². The molecule has 10 heteroatoms. The highest BCUT2D eigenvalue weighted by Crippen LogP contribution is 2.34. The zero-order valence-corrected chi connectivity index (χ0v) is 19.5. The minimum absolute atomic E-state index is 0.0137. The van der Waals surface area contributed by atoms with Gasteiger partial charge in [0.15, 0.2) is 0 Å². The highest BCUT2D eigenvalue weighted by Gasteiger charge is 2.33. The van der Waals surface area contributed by atoms with Gasteiger partial charge in [0, 0.05) is 44.3 Å². The van der Waals surface area contributed by atoms with Crippen LogP contribution in [0.5, 0.6) is 0 Å². The molecule has 2 amide bonds. The van der Waals surface area contributed by atoms with Gasteiger partial charge in [-0.1, -0.05) is 13.3 Å². The average Bonchev–Trinajstić information content (AvgIpc) is 3.36. The number of piperazine rings is 1. The number of nitrogens with zero attached hydrogens (tertiary/aromatic N) is 3. The molecule has 31 heavy (non-hydrogen) atoms. The second kappa shape index (κ2) is 8.40. The number of carbonyl (C=O) groups excluding carboxylic acids is 2. The van der Waals surface area contributed by atoms with Gasteiger partial charge >= 0.3 is 0 Å². The zero-order chi connectivity index (χ0) is 22.3. The van der Waals surface area contributed by atoms with Crippen LogP contribution in [0.4, 0.5) is 0 Å². The Balaban J connectivity index is 1.43. The normalized spacial score (nSPS) is 19.9. The van der Waals surface area contributed by atoms with Crippen LogP contribution >= 0.6 is 11.3 Å². The van der Waals surface area contributed by atoms with E-state index in [1.54, 1.807) is 23.3 Å². The van der Waals surface area contributed by atoms with Crippen LogP contribution in [0.3, 0.4) is 0 Å². The van der Waals surface area contributed by atoms with Gasteiger partial charge in [-0.05, 0) is 42.9 Å². The van der Waals surface area contributed by atoms with E-state index in [0.717, 1.165) is 24.1 Å². The number of fused-ring (bicyclic) bond motifs is 1. The van der Waals surface area contributed by atoms with Crippen molar-refractivity contribution in [3.63, 3.8) is 0 Å². The second-order valence-electron chi connectivity index (χ2n) is 8.31. The largest absolute Gasteiger partial charge is 0.364 e. The molecule has 1 fully saturated rings. The Hall–Kier alpha value is -2.17. The number of sulfonamides is 1. The predicted octanol–water partition coefficient (Wildman–Crippen LogP) is 1.85. The molecule has 1 aliphatic carbocycles. The molecule has 1 saturated heterocycles. The summed E-state index contributed by atoms with van der Waals surface area (Å²) in [5, 5.41) is 0. The van der Waals surface area contributed by atoms with Crippen molar-refractivity contribution < 1.29 is 18.0 Å². The smallest absolute Gasteiger partial charge is 0.265 e. The number of rotatable bonds is 5. The first-order chi connectivity index (χ1) is 14.7. The summed E-state index contributed by atoms with van der Waals surface area (Å²) in [6.07, 6.45) is 5.84. The van der Waals surface area contributed by atoms with Gasteiger partial charge in [0.1, 0.15) is 10.6 Å². The first-order valence-corrected chi connectivity index (χ1v) is 12.8. The summed E-state index contributed by atoms with van der Waals surface area (Å²) < 4.78 is 28.7. The number of carbonyl (C=O) groups is 2. The van der Waals surface area contributed by atoms with Gasteiger partial charge in [-0.15, -0.1) is 11.3 Å². The van der Waals surface area contributed by atoms with Crippen LogP contribution in [-0.2, 0) is 29.9 Å². The number of thiophene rings is 1. The number of hydrogen-bond donors (Lipinski definition) is 1. The standard InChI is InChI=1S/C21H28N4O4S2/c1-3-14-4-5-18-15(10-14)11-19(30-18)21(27)24-6-8-25(9-7-24)31(28,29)16-12-17(20(22)26)23(2)13-16/h11-14H,3-10H2,1-2H3,(H2,22,26)/t14-/m0/s1. The summed E-state index contributed by atoms with van der Waals surface area (Å²) in [4.78, 5) is 28.3. The van der Waals surface area contributed by atoms with Crippen LogP contribution in [-0.4, -0.2) is 60.2 Å². The molecule has 0 aromatic carbocycles. The fourth-order valence-electron chi connectivity index (χ4n) is 4.41. The molecule has 2 aliphatic rings. The summed E-state index contributed by atoms with van der Waals surface area (Å²) >= 11 is 1.59. The van der Waals surface area contributed by atoms with E-state index in [1.807, 2.05) is 6.07 Å². The van der Waals surface area contributed by atoms with E-state index in [2.05, 4.69) is 6.92 Å². The third kappa shape index (κ3) is 4.16. The number of primary amides is 1. The number of hydrogen-bond acceptors (Lipinski definition) is 5. The predicted molar refractivity (Wildman–Crippen MR) is 119 cm³/mol. The van der Waals surface area contributed by atoms with Crippen molar-refractivity contribution in [2.45, 2.75) is 37.5 Å². The molecule has 0 bridgehead atoms. The lowest BCUT2D eigenvalue weighted by atomic mass is 9.87. The molecule has 0 spiro atoms. The van der Waals surface area contributed by atoms with Gasteiger partial charge in [0.2, 0.25) is 10.0 Å². The molecule has 0 unspecified atom stereocenters. The van der Waals surface area contributed by atoms with Crippen molar-refractivity contribution in [1.29, 1.82) is 0 Å². The topological polar surface area (TPSA) is 106 Å². The Morgan fingerprint density at radius 2 is 1.90 bits per heavy atom. The first kappa shape index (κ1) is 22.0. The number of aromatic nitrogens is 1. The highest BCUT2D eigenvalue weighted by atomic mass is 32.2. The Bertz CT molecular complexity index is 1110. The third-order valence-corrected chi connectivity index (χ3v) is 9.46. The number of nitrogens with two attached hydrogens (primary N) is 1. The summed E-state index contributed by atoms with van der Waals surface area (Å²) in [6.45, 7) is 3.34. The molecule has 0 saturated carbocycles. The van der Waals surface area contributed by atoms with Gasteiger partial charge in [-0.3, -0.25) is 9.59 Å². The lowest BCUT2D eigenvalue weighted by Gasteiger charge is -2.33. The van der Waals surface area contributed by atoms with Crippen molar-refractivity contribution in [2.75, 3.05) is 26.2 Å². The van der Waals surface area contributed by atoms with Crippen LogP contribution < -0.4 is 5.73 Å². The van der Waals surface area contributed by atoms with Gasteiger partial charge in [-0.25, -0.2) is 8.42 Å². The molecular formula is C21H28N4O4S2. The maximum Gasteiger partial charge on any atom is 0.265 e. The molecular weight excluding hydrogens is 436 g/mol. The van der Waals surface area contributed by atoms with Gasteiger partial charge in [-0.2, -0.15) is 4.31 Å². The van der Waals surface area contributed by atoms with Crippen molar-refractivity contribution in [2.24, 2.45) is 18.7 Å². The molecule has 1 aliphatic heterocycles. The number of amides is 2. The van der Waals surface area contributed by atoms with E-state index in [0.29, 0.717) is 19.0 Å². The maximum atomic E-state index is 13.0. The Labute approximate surface area is 186 Å². The molecule has 4 rings (SSSR count). The molecule has 8 nitrogen and oxygen atoms in total. The minimum atomic E-state index is -3.75. The monoisotopic (exact) mass is 464 g/mol. The van der Waals surface area contributed by atoms with Crippen LogP contribution in [0, 0.1) is 5.92 Å². The fraction of sp³-hybridized carbons (Fsp3) is 0.524. The summed E-state index contributed by atoms with van der Waals surface area (Å²) in [7, 11) is -2.17. The van der Waals surface area contributed by atoms with E-state index in [-0.39, 0.29) is 29.6 Å². The van der Waals surface area contributed by atoms with E-state index < -0.39 is 15.9 Å². The lowest BCUT2D eigenvalue weighted by Crippen LogP contribution is -2.50. The Morgan fingerprint density at radius 1 is 1.19 bits per heavy atom. The molecule has 2 aromatic heterocycles. The molecule has 2 N–H and O–H groups in total. The average molecular weight is 465 g/mol. The quantitative estimate of drug-likeness (QED) is 0.729. The van der Waals surface area contributed by atoms with E-state index in [1.165, 1.54) is 38.0 Å². The lowest BCUT2D eigenvalue weighted by molar-refractivity contribution is 0.0702. The van der Waals surface area contributed by atoms with E-state index in [4.69, 9.17) is 5.73 Å². The van der Waals surface area contributed by atoms with Gasteiger partial charge in [0.25, 0.3) is 11.8 Å². The second-order valence-corrected chi connectivity index (χ2v) is 11.4. The van der Waals surface area contributed by atoms with Crippen molar-refractivity contribution in [3.8, 4) is 0 Å². The Kier molecular flexibility index (Phi) is 5.97. The van der Waals surface area contributed by atoms with Gasteiger partial charge < -0.3 is 15.2 Å². The molecule has 0 radical (unpaired) electrons. The van der Waals surface area contributed by atoms with Crippen molar-refractivity contribution in [1.82, 2.24) is 13.8 Å². The molecule has 1 atom stereocenters. The van der Waals surface area contributed by atoms with Crippen LogP contribution in [0.1, 0.15) is 50.4 Å². The Morgan fingerprint density at radius 3 is 2.52 bits per heavy atom. The van der Waals surface area contributed by atoms with Crippen LogP contribution in [0.25, 0.3) is 0 Å². The zero-order valence-electron chi connectivity index (χ0n) is 17.8.